The minimum atomic E-state index is -0.698. The van der Waals surface area contributed by atoms with E-state index in [9.17, 15) is 19.2 Å². The van der Waals surface area contributed by atoms with Gasteiger partial charge in [0.15, 0.2) is 6.61 Å². The highest BCUT2D eigenvalue weighted by atomic mass is 16.5. The predicted octanol–water partition coefficient (Wildman–Crippen LogP) is 0.780. The number of imide groups is 1. The largest absolute Gasteiger partial charge is 0.452 e. The fraction of sp³-hybridized carbons (Fsp3) is 0.412. The van der Waals surface area contributed by atoms with Crippen molar-refractivity contribution in [2.45, 2.75) is 38.3 Å². The van der Waals surface area contributed by atoms with Crippen LogP contribution in [0.25, 0.3) is 0 Å². The maximum atomic E-state index is 11.9. The van der Waals surface area contributed by atoms with Crippen molar-refractivity contribution >= 4 is 23.9 Å². The number of carbonyl (C=O) groups excluding carboxylic acids is 4. The van der Waals surface area contributed by atoms with Crippen LogP contribution >= 0.6 is 0 Å². The van der Waals surface area contributed by atoms with Gasteiger partial charge >= 0.3 is 18.0 Å². The van der Waals surface area contributed by atoms with Gasteiger partial charge in [-0.2, -0.15) is 0 Å². The third-order valence-electron chi connectivity index (χ3n) is 3.93. The van der Waals surface area contributed by atoms with Crippen LogP contribution in [-0.4, -0.2) is 36.6 Å². The minimum Gasteiger partial charge on any atom is -0.452 e. The summed E-state index contributed by atoms with van der Waals surface area (Å²) in [6, 6.07) is 5.13. The van der Waals surface area contributed by atoms with E-state index in [-0.39, 0.29) is 18.2 Å². The molecular weight excluding hydrogens is 340 g/mol. The molecule has 1 saturated carbocycles. The molecule has 1 aliphatic rings. The highest BCUT2D eigenvalue weighted by Gasteiger charge is 2.18. The number of benzene rings is 1. The van der Waals surface area contributed by atoms with Gasteiger partial charge in [-0.1, -0.05) is 25.0 Å². The van der Waals surface area contributed by atoms with Crippen molar-refractivity contribution < 1.29 is 23.9 Å². The number of rotatable bonds is 6. The van der Waals surface area contributed by atoms with Gasteiger partial charge in [-0.3, -0.25) is 10.1 Å². The fourth-order valence-corrected chi connectivity index (χ4v) is 2.62. The second-order valence-electron chi connectivity index (χ2n) is 5.99. The molecule has 0 aliphatic heterocycles. The molecule has 5 amide bonds. The molecule has 0 unspecified atom stereocenters. The Balaban J connectivity index is 1.72. The topological polar surface area (TPSA) is 140 Å². The van der Waals surface area contributed by atoms with Crippen LogP contribution in [0.3, 0.4) is 0 Å². The molecule has 0 atom stereocenters. The zero-order valence-corrected chi connectivity index (χ0v) is 14.2. The maximum Gasteiger partial charge on any atom is 0.338 e. The highest BCUT2D eigenvalue weighted by molar-refractivity contribution is 5.97. The average molecular weight is 362 g/mol. The summed E-state index contributed by atoms with van der Waals surface area (Å²) in [5.41, 5.74) is 5.97. The van der Waals surface area contributed by atoms with E-state index < -0.39 is 30.5 Å². The van der Waals surface area contributed by atoms with E-state index >= 15 is 0 Å². The molecule has 0 aromatic heterocycles. The van der Waals surface area contributed by atoms with Gasteiger partial charge in [0, 0.05) is 12.6 Å². The van der Waals surface area contributed by atoms with Gasteiger partial charge in [0.25, 0.3) is 5.91 Å². The molecule has 1 aromatic rings. The number of urea groups is 2. The molecule has 1 fully saturated rings. The van der Waals surface area contributed by atoms with Crippen LogP contribution in [0.1, 0.15) is 41.6 Å². The lowest BCUT2D eigenvalue weighted by molar-refractivity contribution is -0.123. The number of carbonyl (C=O) groups is 4. The number of hydrogen-bond donors (Lipinski definition) is 4. The second kappa shape index (κ2) is 9.40. The van der Waals surface area contributed by atoms with Gasteiger partial charge in [0.05, 0.1) is 5.56 Å². The number of esters is 1. The Hall–Kier alpha value is -3.10. The van der Waals surface area contributed by atoms with Crippen LogP contribution in [-0.2, 0) is 16.1 Å². The van der Waals surface area contributed by atoms with Crippen molar-refractivity contribution in [2.75, 3.05) is 6.61 Å². The molecule has 0 spiro atoms. The molecule has 0 saturated heterocycles. The molecule has 140 valence electrons. The van der Waals surface area contributed by atoms with E-state index in [0.717, 1.165) is 31.2 Å². The molecule has 2 rings (SSSR count). The lowest BCUT2D eigenvalue weighted by Gasteiger charge is -2.12. The van der Waals surface area contributed by atoms with E-state index in [1.165, 1.54) is 12.1 Å². The Labute approximate surface area is 150 Å². The lowest BCUT2D eigenvalue weighted by Crippen LogP contribution is -2.44. The minimum absolute atomic E-state index is 0.0907. The smallest absolute Gasteiger partial charge is 0.338 e. The molecule has 1 aliphatic carbocycles. The average Bonchev–Trinajstić information content (AvgIpc) is 3.11. The molecule has 1 aromatic carbocycles. The quantitative estimate of drug-likeness (QED) is 0.554. The second-order valence-corrected chi connectivity index (χ2v) is 5.99. The third kappa shape index (κ3) is 6.42. The zero-order valence-electron chi connectivity index (χ0n) is 14.2. The molecular formula is C17H22N4O5. The fourth-order valence-electron chi connectivity index (χ4n) is 2.62. The standard InChI is InChI=1S/C17H22N4O5/c18-16(24)19-9-11-5-7-12(8-6-11)15(23)26-10-14(22)21-17(25)20-13-3-1-2-4-13/h5-8,13H,1-4,9-10H2,(H3,18,19,24)(H2,20,21,22,25). The molecule has 0 bridgehead atoms. The molecule has 9 nitrogen and oxygen atoms in total. The Morgan fingerprint density at radius 2 is 1.73 bits per heavy atom. The molecule has 5 N–H and O–H groups in total. The summed E-state index contributed by atoms with van der Waals surface area (Å²) in [6.07, 6.45) is 3.94. The van der Waals surface area contributed by atoms with Crippen LogP contribution in [0.15, 0.2) is 24.3 Å². The van der Waals surface area contributed by atoms with Crippen molar-refractivity contribution in [3.05, 3.63) is 35.4 Å². The number of ether oxygens (including phenoxy) is 1. The van der Waals surface area contributed by atoms with E-state index in [1.54, 1.807) is 12.1 Å². The predicted molar refractivity (Wildman–Crippen MR) is 92.1 cm³/mol. The Morgan fingerprint density at radius 1 is 1.08 bits per heavy atom. The van der Waals surface area contributed by atoms with Crippen molar-refractivity contribution in [3.8, 4) is 0 Å². The maximum absolute atomic E-state index is 11.9. The summed E-state index contributed by atoms with van der Waals surface area (Å²) in [4.78, 5) is 45.9. The van der Waals surface area contributed by atoms with E-state index in [4.69, 9.17) is 10.5 Å². The zero-order chi connectivity index (χ0) is 18.9. The Kier molecular flexibility index (Phi) is 6.95. The van der Waals surface area contributed by atoms with E-state index in [0.29, 0.717) is 0 Å². The highest BCUT2D eigenvalue weighted by Crippen LogP contribution is 2.17. The monoisotopic (exact) mass is 362 g/mol. The van der Waals surface area contributed by atoms with Gasteiger partial charge in [0.1, 0.15) is 0 Å². The SMILES string of the molecule is NC(=O)NCc1ccc(C(=O)OCC(=O)NC(=O)NC2CCCC2)cc1. The number of nitrogens with one attached hydrogen (secondary N) is 3. The molecule has 9 heteroatoms. The first kappa shape index (κ1) is 19.2. The van der Waals surface area contributed by atoms with Crippen LogP contribution in [0.5, 0.6) is 0 Å². The van der Waals surface area contributed by atoms with Crippen molar-refractivity contribution in [3.63, 3.8) is 0 Å². The van der Waals surface area contributed by atoms with Crippen molar-refractivity contribution in [2.24, 2.45) is 5.73 Å². The lowest BCUT2D eigenvalue weighted by atomic mass is 10.1. The molecule has 0 heterocycles. The number of primary amides is 1. The van der Waals surface area contributed by atoms with Crippen molar-refractivity contribution in [1.82, 2.24) is 16.0 Å². The first-order valence-electron chi connectivity index (χ1n) is 8.34. The summed E-state index contributed by atoms with van der Waals surface area (Å²) in [6.45, 7) is -0.314. The summed E-state index contributed by atoms with van der Waals surface area (Å²) >= 11 is 0. The van der Waals surface area contributed by atoms with E-state index in [2.05, 4.69) is 16.0 Å². The van der Waals surface area contributed by atoms with Gasteiger partial charge in [-0.05, 0) is 30.5 Å². The number of hydrogen-bond acceptors (Lipinski definition) is 5. The van der Waals surface area contributed by atoms with Crippen LogP contribution in [0, 0.1) is 0 Å². The van der Waals surface area contributed by atoms with Gasteiger partial charge < -0.3 is 21.1 Å². The van der Waals surface area contributed by atoms with Crippen LogP contribution in [0.4, 0.5) is 9.59 Å². The number of amides is 5. The molecule has 26 heavy (non-hydrogen) atoms. The first-order chi connectivity index (χ1) is 12.4. The van der Waals surface area contributed by atoms with Gasteiger partial charge in [-0.15, -0.1) is 0 Å². The van der Waals surface area contributed by atoms with Crippen LogP contribution in [0.2, 0.25) is 0 Å². The van der Waals surface area contributed by atoms with Crippen LogP contribution < -0.4 is 21.7 Å². The summed E-state index contributed by atoms with van der Waals surface area (Å²) in [7, 11) is 0. The summed E-state index contributed by atoms with van der Waals surface area (Å²) in [5, 5.41) is 7.26. The summed E-state index contributed by atoms with van der Waals surface area (Å²) in [5.74, 6) is -1.39. The normalized spacial score (nSPS) is 13.7. The van der Waals surface area contributed by atoms with Gasteiger partial charge in [-0.25, -0.2) is 14.4 Å². The number of nitrogens with two attached hydrogens (primary N) is 1. The van der Waals surface area contributed by atoms with Gasteiger partial charge in [0.2, 0.25) is 0 Å². The Bertz CT molecular complexity index is 668. The third-order valence-corrected chi connectivity index (χ3v) is 3.93. The van der Waals surface area contributed by atoms with Crippen molar-refractivity contribution in [1.29, 1.82) is 0 Å². The van der Waals surface area contributed by atoms with E-state index in [1.807, 2.05) is 0 Å². The summed E-state index contributed by atoms with van der Waals surface area (Å²) < 4.78 is 4.88. The first-order valence-corrected chi connectivity index (χ1v) is 8.34. The molecule has 0 radical (unpaired) electrons. The Morgan fingerprint density at radius 3 is 2.35 bits per heavy atom.